The predicted octanol–water partition coefficient (Wildman–Crippen LogP) is 2.80. The van der Waals surface area contributed by atoms with Crippen LogP contribution < -0.4 is 0 Å². The number of nitro groups is 1. The van der Waals surface area contributed by atoms with Gasteiger partial charge in [0, 0.05) is 12.3 Å². The molecule has 2 aromatic rings. The first-order chi connectivity index (χ1) is 6.70. The van der Waals surface area contributed by atoms with E-state index in [1.165, 1.54) is 18.3 Å². The van der Waals surface area contributed by atoms with E-state index in [9.17, 15) is 10.1 Å². The molecular formula is C9H5ClN2O2. The zero-order valence-corrected chi connectivity index (χ0v) is 7.73. The lowest BCUT2D eigenvalue weighted by atomic mass is 10.2. The van der Waals surface area contributed by atoms with Crippen LogP contribution in [0.15, 0.2) is 30.5 Å². The van der Waals surface area contributed by atoms with Gasteiger partial charge in [-0.25, -0.2) is 0 Å². The van der Waals surface area contributed by atoms with Gasteiger partial charge in [-0.2, -0.15) is 0 Å². The Morgan fingerprint density at radius 3 is 2.86 bits per heavy atom. The average molecular weight is 209 g/mol. The van der Waals surface area contributed by atoms with Crippen molar-refractivity contribution < 1.29 is 4.92 Å². The zero-order valence-electron chi connectivity index (χ0n) is 6.98. The standard InChI is InChI=1S/C9H5ClN2O2/c10-6-4-5-11-7-2-1-3-8(9(6)7)12(13)14/h1-5H. The lowest BCUT2D eigenvalue weighted by Crippen LogP contribution is -1.90. The van der Waals surface area contributed by atoms with Crippen LogP contribution in [0.2, 0.25) is 5.02 Å². The maximum atomic E-state index is 10.7. The number of halogens is 1. The van der Waals surface area contributed by atoms with Crippen LogP contribution in [0.1, 0.15) is 0 Å². The Morgan fingerprint density at radius 2 is 2.14 bits per heavy atom. The summed E-state index contributed by atoms with van der Waals surface area (Å²) in [5.41, 5.74) is 0.521. The normalized spacial score (nSPS) is 10.4. The zero-order chi connectivity index (χ0) is 10.1. The van der Waals surface area contributed by atoms with Crippen LogP contribution in [0.25, 0.3) is 10.9 Å². The summed E-state index contributed by atoms with van der Waals surface area (Å²) in [4.78, 5) is 14.2. The minimum Gasteiger partial charge on any atom is -0.258 e. The van der Waals surface area contributed by atoms with E-state index in [0.717, 1.165) is 0 Å². The summed E-state index contributed by atoms with van der Waals surface area (Å²) in [5.74, 6) is 0. The van der Waals surface area contributed by atoms with E-state index in [0.29, 0.717) is 15.9 Å². The topological polar surface area (TPSA) is 56.0 Å². The Labute approximate surface area is 84.3 Å². The van der Waals surface area contributed by atoms with Crippen LogP contribution in [-0.2, 0) is 0 Å². The number of nitrogens with zero attached hydrogens (tertiary/aromatic N) is 2. The second kappa shape index (κ2) is 3.23. The number of aromatic nitrogens is 1. The van der Waals surface area contributed by atoms with E-state index < -0.39 is 4.92 Å². The minimum atomic E-state index is -0.462. The maximum Gasteiger partial charge on any atom is 0.280 e. The van der Waals surface area contributed by atoms with Crippen LogP contribution >= 0.6 is 11.6 Å². The molecule has 0 aliphatic heterocycles. The number of hydrogen-bond acceptors (Lipinski definition) is 3. The van der Waals surface area contributed by atoms with Gasteiger partial charge in [-0.05, 0) is 12.1 Å². The van der Waals surface area contributed by atoms with Crippen molar-refractivity contribution in [2.75, 3.05) is 0 Å². The SMILES string of the molecule is O=[N+]([O-])c1cccc2nccc(Cl)c12. The molecule has 1 aromatic heterocycles. The smallest absolute Gasteiger partial charge is 0.258 e. The summed E-state index contributed by atoms with van der Waals surface area (Å²) >= 11 is 5.86. The van der Waals surface area contributed by atoms with E-state index >= 15 is 0 Å². The molecule has 0 fully saturated rings. The molecule has 0 N–H and O–H groups in total. The number of fused-ring (bicyclic) bond motifs is 1. The summed E-state index contributed by atoms with van der Waals surface area (Å²) in [6.07, 6.45) is 1.52. The largest absolute Gasteiger partial charge is 0.280 e. The lowest BCUT2D eigenvalue weighted by Gasteiger charge is -1.99. The first-order valence-corrected chi connectivity index (χ1v) is 4.25. The molecule has 70 valence electrons. The minimum absolute atomic E-state index is 0.0133. The fourth-order valence-corrected chi connectivity index (χ4v) is 1.55. The van der Waals surface area contributed by atoms with Gasteiger partial charge >= 0.3 is 0 Å². The number of rotatable bonds is 1. The molecule has 0 spiro atoms. The summed E-state index contributed by atoms with van der Waals surface area (Å²) in [6.45, 7) is 0. The quantitative estimate of drug-likeness (QED) is 0.535. The Kier molecular flexibility index (Phi) is 2.05. The highest BCUT2D eigenvalue weighted by atomic mass is 35.5. The van der Waals surface area contributed by atoms with Gasteiger partial charge in [0.05, 0.1) is 20.8 Å². The van der Waals surface area contributed by atoms with Crippen molar-refractivity contribution in [3.05, 3.63) is 45.6 Å². The van der Waals surface area contributed by atoms with Crippen molar-refractivity contribution in [3.63, 3.8) is 0 Å². The summed E-state index contributed by atoms with van der Waals surface area (Å²) < 4.78 is 0. The Balaban J connectivity index is 2.91. The summed E-state index contributed by atoms with van der Waals surface area (Å²) in [6, 6.07) is 6.23. The number of hydrogen-bond donors (Lipinski definition) is 0. The van der Waals surface area contributed by atoms with Crippen molar-refractivity contribution in [2.45, 2.75) is 0 Å². The molecule has 0 bridgehead atoms. The molecule has 0 radical (unpaired) electrons. The molecule has 14 heavy (non-hydrogen) atoms. The van der Waals surface area contributed by atoms with Crippen molar-refractivity contribution >= 4 is 28.2 Å². The van der Waals surface area contributed by atoms with Crippen molar-refractivity contribution in [1.29, 1.82) is 0 Å². The summed E-state index contributed by atoms with van der Waals surface area (Å²) in [5, 5.41) is 11.4. The van der Waals surface area contributed by atoms with Gasteiger partial charge in [-0.3, -0.25) is 15.1 Å². The molecule has 1 heterocycles. The Hall–Kier alpha value is -1.68. The van der Waals surface area contributed by atoms with Crippen LogP contribution in [0, 0.1) is 10.1 Å². The highest BCUT2D eigenvalue weighted by Crippen LogP contribution is 2.29. The third kappa shape index (κ3) is 1.29. The monoisotopic (exact) mass is 208 g/mol. The summed E-state index contributed by atoms with van der Waals surface area (Å²) in [7, 11) is 0. The second-order valence-electron chi connectivity index (χ2n) is 2.72. The van der Waals surface area contributed by atoms with E-state index in [-0.39, 0.29) is 5.69 Å². The molecule has 0 amide bonds. The number of pyridine rings is 1. The van der Waals surface area contributed by atoms with Crippen molar-refractivity contribution in [3.8, 4) is 0 Å². The molecule has 0 aliphatic carbocycles. The van der Waals surface area contributed by atoms with E-state index in [1.807, 2.05) is 0 Å². The third-order valence-corrected chi connectivity index (χ3v) is 2.21. The third-order valence-electron chi connectivity index (χ3n) is 1.89. The van der Waals surface area contributed by atoms with Gasteiger partial charge in [0.25, 0.3) is 5.69 Å². The molecule has 0 aliphatic rings. The molecule has 0 unspecified atom stereocenters. The molecule has 5 heteroatoms. The molecule has 2 rings (SSSR count). The van der Waals surface area contributed by atoms with Gasteiger partial charge in [0.15, 0.2) is 0 Å². The van der Waals surface area contributed by atoms with Crippen LogP contribution in [-0.4, -0.2) is 9.91 Å². The number of non-ortho nitro benzene ring substituents is 1. The highest BCUT2D eigenvalue weighted by Gasteiger charge is 2.14. The van der Waals surface area contributed by atoms with Crippen LogP contribution in [0.4, 0.5) is 5.69 Å². The molecule has 0 atom stereocenters. The van der Waals surface area contributed by atoms with Gasteiger partial charge < -0.3 is 0 Å². The van der Waals surface area contributed by atoms with E-state index in [2.05, 4.69) is 4.98 Å². The molecular weight excluding hydrogens is 204 g/mol. The van der Waals surface area contributed by atoms with E-state index in [1.54, 1.807) is 12.1 Å². The van der Waals surface area contributed by atoms with Gasteiger partial charge in [0.1, 0.15) is 0 Å². The highest BCUT2D eigenvalue weighted by molar-refractivity contribution is 6.36. The van der Waals surface area contributed by atoms with E-state index in [4.69, 9.17) is 11.6 Å². The fraction of sp³-hybridized carbons (Fsp3) is 0. The Morgan fingerprint density at radius 1 is 1.36 bits per heavy atom. The first-order valence-electron chi connectivity index (χ1n) is 3.88. The van der Waals surface area contributed by atoms with Crippen molar-refractivity contribution in [2.24, 2.45) is 0 Å². The van der Waals surface area contributed by atoms with Crippen molar-refractivity contribution in [1.82, 2.24) is 4.98 Å². The maximum absolute atomic E-state index is 10.7. The second-order valence-corrected chi connectivity index (χ2v) is 3.13. The van der Waals surface area contributed by atoms with Gasteiger partial charge in [0.2, 0.25) is 0 Å². The molecule has 1 aromatic carbocycles. The van der Waals surface area contributed by atoms with Gasteiger partial charge in [-0.1, -0.05) is 17.7 Å². The average Bonchev–Trinajstić information content (AvgIpc) is 2.17. The van der Waals surface area contributed by atoms with Gasteiger partial charge in [-0.15, -0.1) is 0 Å². The lowest BCUT2D eigenvalue weighted by molar-refractivity contribution is -0.383. The Bertz CT molecular complexity index is 508. The predicted molar refractivity (Wildman–Crippen MR) is 53.4 cm³/mol. The van der Waals surface area contributed by atoms with Crippen LogP contribution in [0.5, 0.6) is 0 Å². The molecule has 4 nitrogen and oxygen atoms in total. The number of nitro benzene ring substituents is 1. The first kappa shape index (κ1) is 8.90. The molecule has 0 saturated heterocycles. The molecule has 0 saturated carbocycles. The fourth-order valence-electron chi connectivity index (χ4n) is 1.30. The van der Waals surface area contributed by atoms with Crippen LogP contribution in [0.3, 0.4) is 0 Å². The number of benzene rings is 1.